The van der Waals surface area contributed by atoms with Crippen molar-refractivity contribution in [2.75, 3.05) is 37.7 Å². The molecule has 4 heterocycles. The van der Waals surface area contributed by atoms with Crippen LogP contribution < -0.4 is 25.6 Å². The number of fused-ring (bicyclic) bond motifs is 3. The number of anilines is 1. The van der Waals surface area contributed by atoms with Gasteiger partial charge in [-0.3, -0.25) is 48.1 Å². The zero-order chi connectivity index (χ0) is 53.0. The number of nitrogens with zero attached hydrogens (tertiary/aromatic N) is 3. The fourth-order valence-electron chi connectivity index (χ4n) is 9.89. The fraction of sp³-hybridized carbons (Fsp3) is 0.404. The van der Waals surface area contributed by atoms with E-state index in [4.69, 9.17) is 4.74 Å². The van der Waals surface area contributed by atoms with Gasteiger partial charge >= 0.3 is 0 Å². The number of ether oxygens (including phenoxy) is 1. The highest BCUT2D eigenvalue weighted by molar-refractivity contribution is 7.86. The molecule has 1 atom stereocenters. The molecule has 21 heteroatoms. The van der Waals surface area contributed by atoms with E-state index >= 15 is 0 Å². The lowest BCUT2D eigenvalue weighted by molar-refractivity contribution is -0.438. The maximum atomic E-state index is 13.3. The third-order valence-corrected chi connectivity index (χ3v) is 15.4. The monoisotopic (exact) mass is 1040 g/mol. The Morgan fingerprint density at radius 1 is 0.808 bits per heavy atom. The van der Waals surface area contributed by atoms with Gasteiger partial charge in [0.1, 0.15) is 18.3 Å². The second-order valence-electron chi connectivity index (χ2n) is 19.3. The first-order chi connectivity index (χ1) is 34.5. The molecule has 6 amide bonds. The normalized spacial score (nSPS) is 18.7. The predicted octanol–water partition coefficient (Wildman–Crippen LogP) is 5.42. The molecule has 0 radical (unpaired) electrons. The number of hydrogen-bond donors (Lipinski definition) is 5. The van der Waals surface area contributed by atoms with Crippen molar-refractivity contribution in [2.24, 2.45) is 0 Å². The molecular formula is C52H61N6O13S2+. The molecule has 3 aromatic carbocycles. The van der Waals surface area contributed by atoms with Crippen molar-refractivity contribution in [3.63, 3.8) is 0 Å². The van der Waals surface area contributed by atoms with E-state index in [2.05, 4.69) is 25.4 Å². The highest BCUT2D eigenvalue weighted by Gasteiger charge is 2.47. The summed E-state index contributed by atoms with van der Waals surface area (Å²) in [6, 6.07) is 12.5. The molecule has 1 saturated heterocycles. The Hall–Kier alpha value is -6.81. The van der Waals surface area contributed by atoms with Crippen LogP contribution in [0.2, 0.25) is 0 Å². The minimum absolute atomic E-state index is 0.00936. The zero-order valence-corrected chi connectivity index (χ0v) is 43.0. The summed E-state index contributed by atoms with van der Waals surface area (Å²) in [4.78, 5) is 78.3. The summed E-state index contributed by atoms with van der Waals surface area (Å²) in [5.74, 6) is -3.18. The Kier molecular flexibility index (Phi) is 16.1. The molecule has 4 aliphatic rings. The van der Waals surface area contributed by atoms with Crippen LogP contribution in [0.3, 0.4) is 0 Å². The van der Waals surface area contributed by atoms with Gasteiger partial charge in [0.25, 0.3) is 38.0 Å². The number of hydrogen-bond acceptors (Lipinski definition) is 12. The van der Waals surface area contributed by atoms with E-state index in [9.17, 15) is 54.7 Å². The van der Waals surface area contributed by atoms with Crippen molar-refractivity contribution in [3.05, 3.63) is 113 Å². The van der Waals surface area contributed by atoms with Crippen LogP contribution in [-0.2, 0) is 50.2 Å². The lowest BCUT2D eigenvalue weighted by atomic mass is 9.81. The number of amides is 6. The lowest BCUT2D eigenvalue weighted by Crippen LogP contribution is -2.54. The molecular weight excluding hydrogens is 981 g/mol. The molecule has 0 saturated carbocycles. The van der Waals surface area contributed by atoms with Gasteiger partial charge in [-0.2, -0.15) is 21.4 Å². The quantitative estimate of drug-likeness (QED) is 0.0293. The van der Waals surface area contributed by atoms with Crippen LogP contribution >= 0.6 is 0 Å². The van der Waals surface area contributed by atoms with Crippen LogP contribution in [0.1, 0.15) is 118 Å². The first-order valence-corrected chi connectivity index (χ1v) is 27.1. The van der Waals surface area contributed by atoms with Crippen LogP contribution in [0.5, 0.6) is 5.75 Å². The maximum absolute atomic E-state index is 13.3. The molecule has 19 nitrogen and oxygen atoms in total. The standard InChI is InChI=1S/C52H60N6O13S2/c1-6-56-38-23-21-33(72(65,66)67)30-36(38)51(2,3)42(56)18-9-7-10-19-43-52(4,5)37-31-34(73(68,69)70)22-24-39(37)57(43)29-14-8-11-20-44(59)53-27-12-13-28-54-46(61)32-71-41-17-15-16-35-47(41)50(64)58(49(35)63)40-25-26-45(60)55-48(40)62/h7,9-10,15-19,21-24,30-31,40H,6,8,11-14,20,25-29,32H2,1-5H3,(H4-,53,54,55,59,60,61,62,65,66,67,68,69,70)/p+1. The van der Waals surface area contributed by atoms with Gasteiger partial charge in [-0.1, -0.05) is 38.1 Å². The molecule has 1 fully saturated rings. The number of carbonyl (C=O) groups excluding carboxylic acids is 6. The van der Waals surface area contributed by atoms with Gasteiger partial charge in [0.05, 0.1) is 26.3 Å². The first kappa shape index (κ1) is 54.0. The van der Waals surface area contributed by atoms with Crippen LogP contribution in [0.15, 0.2) is 100 Å². The van der Waals surface area contributed by atoms with Crippen LogP contribution in [0, 0.1) is 0 Å². The van der Waals surface area contributed by atoms with Gasteiger partial charge in [-0.05, 0) is 107 Å². The SMILES string of the molecule is CCN1\C(=C/C=C/C=C\C2=[N+](CCCCCC(=O)NCCCCNC(=O)COc3cccc4c3C(=O)N(C3CCC(=O)NC3=O)C4=O)c3ccc(S(=O)(=O)O)cc3C2(C)C)C(C)(C)c2cc(S(=O)(=O)O)ccc21. The topological polar surface area (TPSA) is 266 Å². The summed E-state index contributed by atoms with van der Waals surface area (Å²) in [5.41, 5.74) is 3.82. The summed E-state index contributed by atoms with van der Waals surface area (Å²) in [7, 11) is -8.84. The number of carbonyl (C=O) groups is 6. The van der Waals surface area contributed by atoms with E-state index in [0.717, 1.165) is 51.7 Å². The minimum Gasteiger partial charge on any atom is -0.483 e. The van der Waals surface area contributed by atoms with E-state index in [1.165, 1.54) is 42.5 Å². The maximum Gasteiger partial charge on any atom is 0.294 e. The van der Waals surface area contributed by atoms with Crippen LogP contribution in [-0.4, -0.2) is 115 Å². The molecule has 5 N–H and O–H groups in total. The van der Waals surface area contributed by atoms with E-state index in [1.807, 2.05) is 65.0 Å². The third kappa shape index (κ3) is 11.5. The number of unbranched alkanes of at least 4 members (excludes halogenated alkanes) is 3. The number of rotatable bonds is 21. The molecule has 0 spiro atoms. The molecule has 1 unspecified atom stereocenters. The van der Waals surface area contributed by atoms with E-state index < -0.39 is 73.3 Å². The van der Waals surface area contributed by atoms with Gasteiger partial charge < -0.3 is 20.3 Å². The van der Waals surface area contributed by atoms with Gasteiger partial charge in [0, 0.05) is 73.4 Å². The van der Waals surface area contributed by atoms with Crippen LogP contribution in [0.25, 0.3) is 0 Å². The summed E-state index contributed by atoms with van der Waals surface area (Å²) in [5, 5.41) is 7.80. The molecule has 0 aromatic heterocycles. The summed E-state index contributed by atoms with van der Waals surface area (Å²) in [6.45, 7) is 11.5. The van der Waals surface area contributed by atoms with Gasteiger partial charge in [0.15, 0.2) is 12.3 Å². The summed E-state index contributed by atoms with van der Waals surface area (Å²) in [6.07, 6.45) is 13.2. The van der Waals surface area contributed by atoms with E-state index in [-0.39, 0.29) is 45.4 Å². The number of nitrogens with one attached hydrogen (secondary N) is 3. The largest absolute Gasteiger partial charge is 0.483 e. The molecule has 0 bridgehead atoms. The highest BCUT2D eigenvalue weighted by Crippen LogP contribution is 2.48. The number of likely N-dealkylation sites (N-methyl/N-ethyl adjacent to an activating group) is 1. The summed E-state index contributed by atoms with van der Waals surface area (Å²) < 4.78 is 75.5. The van der Waals surface area contributed by atoms with Gasteiger partial charge in [-0.25, -0.2) is 0 Å². The smallest absolute Gasteiger partial charge is 0.294 e. The highest BCUT2D eigenvalue weighted by atomic mass is 32.2. The minimum atomic E-state index is -4.46. The zero-order valence-electron chi connectivity index (χ0n) is 41.4. The number of piperidine rings is 1. The van der Waals surface area contributed by atoms with Crippen molar-refractivity contribution in [1.29, 1.82) is 0 Å². The van der Waals surface area contributed by atoms with Crippen molar-refractivity contribution in [1.82, 2.24) is 20.9 Å². The fourth-order valence-corrected chi connectivity index (χ4v) is 10.9. The molecule has 4 aliphatic heterocycles. The average molecular weight is 1040 g/mol. The molecule has 7 rings (SSSR count). The van der Waals surface area contributed by atoms with Crippen molar-refractivity contribution >= 4 is 72.8 Å². The van der Waals surface area contributed by atoms with E-state index in [0.29, 0.717) is 51.9 Å². The second-order valence-corrected chi connectivity index (χ2v) is 22.1. The third-order valence-electron chi connectivity index (χ3n) is 13.7. The Morgan fingerprint density at radius 3 is 2.15 bits per heavy atom. The first-order valence-electron chi connectivity index (χ1n) is 24.2. The predicted molar refractivity (Wildman–Crippen MR) is 270 cm³/mol. The Labute approximate surface area is 424 Å². The Bertz CT molecular complexity index is 3120. The summed E-state index contributed by atoms with van der Waals surface area (Å²) >= 11 is 0. The Balaban J connectivity index is 0.870. The van der Waals surface area contributed by atoms with Crippen molar-refractivity contribution in [3.8, 4) is 5.75 Å². The van der Waals surface area contributed by atoms with Gasteiger partial charge in [-0.15, -0.1) is 0 Å². The number of imide groups is 2. The number of allylic oxidation sites excluding steroid dienone is 6. The lowest BCUT2D eigenvalue weighted by Gasteiger charge is -2.27. The van der Waals surface area contributed by atoms with Crippen LogP contribution in [0.4, 0.5) is 11.4 Å². The second kappa shape index (κ2) is 21.7. The molecule has 73 heavy (non-hydrogen) atoms. The molecule has 0 aliphatic carbocycles. The molecule has 3 aromatic rings. The Morgan fingerprint density at radius 2 is 1.48 bits per heavy atom. The number of benzene rings is 3. The molecule has 388 valence electrons. The van der Waals surface area contributed by atoms with Gasteiger partial charge in [0.2, 0.25) is 23.4 Å². The van der Waals surface area contributed by atoms with Crippen molar-refractivity contribution in [2.45, 2.75) is 113 Å². The average Bonchev–Trinajstić information content (AvgIpc) is 3.81. The van der Waals surface area contributed by atoms with Crippen molar-refractivity contribution < 1.29 is 64.0 Å². The van der Waals surface area contributed by atoms with E-state index in [1.54, 1.807) is 12.1 Å².